The van der Waals surface area contributed by atoms with Crippen molar-refractivity contribution in [3.8, 4) is 0 Å². The maximum Gasteiger partial charge on any atom is 0.307 e. The molecule has 0 spiro atoms. The van der Waals surface area contributed by atoms with Crippen molar-refractivity contribution in [1.29, 1.82) is 0 Å². The minimum absolute atomic E-state index is 0.0689. The Labute approximate surface area is 138 Å². The Morgan fingerprint density at radius 3 is 2.18 bits per heavy atom. The molecule has 5 heteroatoms. The van der Waals surface area contributed by atoms with Gasteiger partial charge >= 0.3 is 5.97 Å². The highest BCUT2D eigenvalue weighted by Gasteiger charge is 2.46. The third kappa shape index (κ3) is 4.55. The summed E-state index contributed by atoms with van der Waals surface area (Å²) in [4.78, 5) is 13.9. The summed E-state index contributed by atoms with van der Waals surface area (Å²) in [6.45, 7) is 22.2. The molecule has 1 heterocycles. The summed E-state index contributed by atoms with van der Waals surface area (Å²) >= 11 is 0. The topological polar surface area (TPSA) is 32.8 Å². The number of piperazine rings is 1. The molecule has 0 radical (unpaired) electrons. The minimum Gasteiger partial charge on any atom is -0.466 e. The van der Waals surface area contributed by atoms with Crippen molar-refractivity contribution in [3.63, 3.8) is 0 Å². The largest absolute Gasteiger partial charge is 0.466 e. The third-order valence-corrected chi connectivity index (χ3v) is 11.9. The van der Waals surface area contributed by atoms with Crippen molar-refractivity contribution in [3.05, 3.63) is 0 Å². The molecule has 1 aliphatic heterocycles. The van der Waals surface area contributed by atoms with Crippen molar-refractivity contribution in [2.75, 3.05) is 39.3 Å². The van der Waals surface area contributed by atoms with E-state index >= 15 is 0 Å². The average molecular weight is 329 g/mol. The zero-order valence-electron chi connectivity index (χ0n) is 15.7. The Hall–Kier alpha value is -0.393. The van der Waals surface area contributed by atoms with Gasteiger partial charge < -0.3 is 14.2 Å². The zero-order valence-corrected chi connectivity index (χ0v) is 16.7. The highest BCUT2D eigenvalue weighted by atomic mass is 28.3. The predicted molar refractivity (Wildman–Crippen MR) is 95.6 cm³/mol. The van der Waals surface area contributed by atoms with Gasteiger partial charge in [0.15, 0.2) is 0 Å². The van der Waals surface area contributed by atoms with Gasteiger partial charge in [0.1, 0.15) is 8.24 Å². The lowest BCUT2D eigenvalue weighted by molar-refractivity contribution is -0.143. The quantitative estimate of drug-likeness (QED) is 0.531. The summed E-state index contributed by atoms with van der Waals surface area (Å²) in [5, 5.41) is 0.403. The number of esters is 1. The first-order valence-corrected chi connectivity index (χ1v) is 11.7. The van der Waals surface area contributed by atoms with E-state index in [4.69, 9.17) is 4.74 Å². The predicted octanol–water partition coefficient (Wildman–Crippen LogP) is 3.20. The van der Waals surface area contributed by atoms with E-state index in [-0.39, 0.29) is 5.97 Å². The summed E-state index contributed by atoms with van der Waals surface area (Å²) in [6, 6.07) is 0. The number of ether oxygens (including phenoxy) is 1. The molecule has 0 N–H and O–H groups in total. The van der Waals surface area contributed by atoms with Crippen LogP contribution in [-0.4, -0.2) is 63.0 Å². The molecule has 0 saturated carbocycles. The van der Waals surface area contributed by atoms with Crippen LogP contribution in [0.1, 0.15) is 41.0 Å². The van der Waals surface area contributed by atoms with E-state index < -0.39 is 8.24 Å². The molecule has 1 saturated heterocycles. The smallest absolute Gasteiger partial charge is 0.307 e. The van der Waals surface area contributed by atoms with E-state index in [0.717, 1.165) is 32.7 Å². The first kappa shape index (κ1) is 19.7. The van der Waals surface area contributed by atoms with E-state index in [0.29, 0.717) is 24.0 Å². The number of nitrogens with zero attached hydrogens (tertiary/aromatic N) is 2. The summed E-state index contributed by atoms with van der Waals surface area (Å²) < 4.78 is 7.77. The van der Waals surface area contributed by atoms with Gasteiger partial charge in [-0.1, -0.05) is 40.8 Å². The van der Waals surface area contributed by atoms with Gasteiger partial charge in [-0.05, 0) is 17.9 Å². The zero-order chi connectivity index (χ0) is 17.0. The van der Waals surface area contributed by atoms with Gasteiger partial charge in [-0.3, -0.25) is 4.79 Å². The number of carbonyl (C=O) groups is 1. The van der Waals surface area contributed by atoms with Gasteiger partial charge in [-0.15, -0.1) is 0 Å². The molecule has 0 aromatic rings. The molecule has 130 valence electrons. The number of rotatable bonds is 7. The fourth-order valence-corrected chi connectivity index (χ4v) is 6.67. The average Bonchev–Trinajstić information content (AvgIpc) is 2.45. The number of carbonyl (C=O) groups excluding carboxylic acids is 1. The van der Waals surface area contributed by atoms with Crippen LogP contribution in [-0.2, 0) is 9.53 Å². The van der Waals surface area contributed by atoms with Crippen LogP contribution in [0.15, 0.2) is 0 Å². The lowest BCUT2D eigenvalue weighted by atomic mass is 9.99. The molecule has 0 bridgehead atoms. The van der Waals surface area contributed by atoms with Crippen LogP contribution in [0.25, 0.3) is 0 Å². The second kappa shape index (κ2) is 7.93. The molecule has 0 aromatic carbocycles. The Bertz CT molecular complexity index is 362. The van der Waals surface area contributed by atoms with E-state index in [9.17, 15) is 4.79 Å². The van der Waals surface area contributed by atoms with Crippen LogP contribution in [0.4, 0.5) is 0 Å². The normalized spacial score (nSPS) is 18.7. The van der Waals surface area contributed by atoms with Crippen LogP contribution in [0.2, 0.25) is 18.1 Å². The lowest BCUT2D eigenvalue weighted by Crippen LogP contribution is -2.62. The van der Waals surface area contributed by atoms with Crippen molar-refractivity contribution in [2.24, 2.45) is 5.92 Å². The third-order valence-electron chi connectivity index (χ3n) is 6.12. The van der Waals surface area contributed by atoms with E-state index in [2.05, 4.69) is 50.3 Å². The van der Waals surface area contributed by atoms with Gasteiger partial charge in [0.05, 0.1) is 13.0 Å². The van der Waals surface area contributed by atoms with Crippen molar-refractivity contribution < 1.29 is 9.53 Å². The van der Waals surface area contributed by atoms with E-state index in [1.807, 2.05) is 6.92 Å². The lowest BCUT2D eigenvalue weighted by Gasteiger charge is -2.52. The Morgan fingerprint density at radius 2 is 1.73 bits per heavy atom. The van der Waals surface area contributed by atoms with Gasteiger partial charge in [0, 0.05) is 32.7 Å². The van der Waals surface area contributed by atoms with Gasteiger partial charge in [-0.25, -0.2) is 0 Å². The molecule has 0 aromatic heterocycles. The minimum atomic E-state index is -1.47. The number of hydrogen-bond donors (Lipinski definition) is 0. The molecule has 22 heavy (non-hydrogen) atoms. The van der Waals surface area contributed by atoms with Gasteiger partial charge in [0.25, 0.3) is 0 Å². The number of hydrogen-bond acceptors (Lipinski definition) is 4. The van der Waals surface area contributed by atoms with E-state index in [1.54, 1.807) is 0 Å². The first-order valence-electron chi connectivity index (χ1n) is 8.76. The van der Waals surface area contributed by atoms with Crippen molar-refractivity contribution in [1.82, 2.24) is 9.47 Å². The van der Waals surface area contributed by atoms with Gasteiger partial charge in [-0.2, -0.15) is 0 Å². The van der Waals surface area contributed by atoms with Crippen LogP contribution >= 0.6 is 0 Å². The van der Waals surface area contributed by atoms with Crippen molar-refractivity contribution in [2.45, 2.75) is 59.2 Å². The molecule has 0 unspecified atom stereocenters. The van der Waals surface area contributed by atoms with Crippen molar-refractivity contribution >= 4 is 14.2 Å². The highest BCUT2D eigenvalue weighted by Crippen LogP contribution is 2.45. The maximum atomic E-state index is 11.5. The standard InChI is InChI=1S/C17H36N2O2Si/c1-8-21-16(20)9-10-18-11-13-19(14-12-18)22(6,7)17(4,5)15(2)3/h15H,8-14H2,1-7H3. The van der Waals surface area contributed by atoms with Crippen LogP contribution in [0.5, 0.6) is 0 Å². The molecule has 4 nitrogen and oxygen atoms in total. The molecular formula is C17H36N2O2Si. The Morgan fingerprint density at radius 1 is 1.18 bits per heavy atom. The summed E-state index contributed by atoms with van der Waals surface area (Å²) in [6.07, 6.45) is 0.520. The second-order valence-corrected chi connectivity index (χ2v) is 12.9. The molecule has 1 rings (SSSR count). The molecule has 1 fully saturated rings. The molecular weight excluding hydrogens is 292 g/mol. The summed E-state index contributed by atoms with van der Waals surface area (Å²) in [5.41, 5.74) is 0. The fourth-order valence-electron chi connectivity index (χ4n) is 3.13. The molecule has 0 amide bonds. The Balaban J connectivity index is 2.49. The summed E-state index contributed by atoms with van der Waals surface area (Å²) in [5.74, 6) is 0.636. The van der Waals surface area contributed by atoms with E-state index in [1.165, 1.54) is 0 Å². The molecule has 0 aliphatic carbocycles. The maximum absolute atomic E-state index is 11.5. The second-order valence-electron chi connectivity index (χ2n) is 7.82. The van der Waals surface area contributed by atoms with Crippen LogP contribution < -0.4 is 0 Å². The SMILES string of the molecule is CCOC(=O)CCN1CCN([Si](C)(C)C(C)(C)C(C)C)CC1. The highest BCUT2D eigenvalue weighted by molar-refractivity contribution is 6.77. The first-order chi connectivity index (χ1) is 10.1. The van der Waals surface area contributed by atoms with Crippen LogP contribution in [0, 0.1) is 5.92 Å². The molecule has 0 atom stereocenters. The monoisotopic (exact) mass is 328 g/mol. The Kier molecular flexibility index (Phi) is 7.08. The molecule has 1 aliphatic rings. The van der Waals surface area contributed by atoms with Gasteiger partial charge in [0.2, 0.25) is 0 Å². The van der Waals surface area contributed by atoms with Crippen LogP contribution in [0.3, 0.4) is 0 Å². The fraction of sp³-hybridized carbons (Fsp3) is 0.941. The summed E-state index contributed by atoms with van der Waals surface area (Å²) in [7, 11) is -1.47.